The number of aliphatic hydroxyl groups excluding tert-OH is 1. The van der Waals surface area contributed by atoms with Crippen LogP contribution in [0.5, 0.6) is 0 Å². The van der Waals surface area contributed by atoms with E-state index < -0.39 is 97.5 Å². The van der Waals surface area contributed by atoms with Gasteiger partial charge in [-0.2, -0.15) is 0 Å². The minimum absolute atomic E-state index is 0.105. The quantitative estimate of drug-likeness (QED) is 0.0222. The van der Waals surface area contributed by atoms with Gasteiger partial charge in [0.25, 0.3) is 0 Å². The molecule has 3 unspecified atom stereocenters. The maximum Gasteiger partial charge on any atom is 0.472 e. The summed E-state index contributed by atoms with van der Waals surface area (Å²) < 4.78 is 68.4. The topological polar surface area (TPSA) is 237 Å². The second-order valence-electron chi connectivity index (χ2n) is 26.2. The Bertz CT molecular complexity index is 1760. The average Bonchev–Trinajstić information content (AvgIpc) is 3.42. The van der Waals surface area contributed by atoms with E-state index in [9.17, 15) is 43.2 Å². The van der Waals surface area contributed by atoms with Gasteiger partial charge in [-0.1, -0.05) is 324 Å². The summed E-state index contributed by atoms with van der Waals surface area (Å²) in [7, 11) is -9.90. The van der Waals surface area contributed by atoms with Gasteiger partial charge in [-0.25, -0.2) is 9.13 Å². The zero-order valence-electron chi connectivity index (χ0n) is 59.0. The van der Waals surface area contributed by atoms with Gasteiger partial charge in [0.1, 0.15) is 19.3 Å². The number of carbonyl (C=O) groups is 4. The molecular formula is C72H140O17P2. The smallest absolute Gasteiger partial charge is 0.462 e. The first kappa shape index (κ1) is 89.1. The number of carbonyl (C=O) groups excluding carboxylic acids is 4. The van der Waals surface area contributed by atoms with Crippen molar-refractivity contribution in [3.05, 3.63) is 0 Å². The third kappa shape index (κ3) is 65.1. The molecule has 0 amide bonds. The van der Waals surface area contributed by atoms with Crippen LogP contribution in [0.1, 0.15) is 375 Å². The van der Waals surface area contributed by atoms with Gasteiger partial charge in [0.15, 0.2) is 12.2 Å². The Morgan fingerprint density at radius 2 is 0.527 bits per heavy atom. The number of unbranched alkanes of at least 4 members (excludes halogenated alkanes) is 43. The SMILES string of the molecule is CCCCCCCCCCCCCCCCCC(=O)O[C@H](COC(=O)CCCCCCCCCCCCCCCC)COP(=O)(O)OC[C@@H](O)COP(=O)(O)OC[C@@H](COC(=O)CCCCCCCCCCCC)OC(=O)CCCCCCCCCCC(C)CC. The highest BCUT2D eigenvalue weighted by Crippen LogP contribution is 2.45. The molecule has 0 aliphatic heterocycles. The molecule has 3 N–H and O–H groups in total. The minimum Gasteiger partial charge on any atom is -0.462 e. The van der Waals surface area contributed by atoms with Gasteiger partial charge < -0.3 is 33.8 Å². The highest BCUT2D eigenvalue weighted by Gasteiger charge is 2.30. The molecule has 0 bridgehead atoms. The van der Waals surface area contributed by atoms with Crippen LogP contribution in [0.2, 0.25) is 0 Å². The van der Waals surface area contributed by atoms with Gasteiger partial charge in [-0.05, 0) is 31.6 Å². The maximum atomic E-state index is 13.0. The molecule has 19 heteroatoms. The third-order valence-corrected chi connectivity index (χ3v) is 19.0. The highest BCUT2D eigenvalue weighted by atomic mass is 31.2. The summed E-state index contributed by atoms with van der Waals surface area (Å²) in [6.07, 6.45) is 52.5. The maximum absolute atomic E-state index is 13.0. The lowest BCUT2D eigenvalue weighted by atomic mass is 9.99. The molecule has 0 aromatic carbocycles. The number of hydrogen-bond donors (Lipinski definition) is 3. The molecular weight excluding hydrogens is 1200 g/mol. The number of aliphatic hydroxyl groups is 1. The van der Waals surface area contributed by atoms with Crippen molar-refractivity contribution < 1.29 is 80.2 Å². The first-order chi connectivity index (χ1) is 44.1. The van der Waals surface area contributed by atoms with Gasteiger partial charge in [0.2, 0.25) is 0 Å². The number of rotatable bonds is 72. The second-order valence-corrected chi connectivity index (χ2v) is 29.1. The van der Waals surface area contributed by atoms with Crippen molar-refractivity contribution in [1.82, 2.24) is 0 Å². The number of hydrogen-bond acceptors (Lipinski definition) is 15. The monoisotopic (exact) mass is 1340 g/mol. The number of phosphoric ester groups is 2. The lowest BCUT2D eigenvalue weighted by molar-refractivity contribution is -0.161. The van der Waals surface area contributed by atoms with Crippen LogP contribution in [0.25, 0.3) is 0 Å². The molecule has 0 rings (SSSR count). The molecule has 0 saturated heterocycles. The predicted molar refractivity (Wildman–Crippen MR) is 368 cm³/mol. The molecule has 91 heavy (non-hydrogen) atoms. The number of ether oxygens (including phenoxy) is 4. The highest BCUT2D eigenvalue weighted by molar-refractivity contribution is 7.47. The minimum atomic E-state index is -4.95. The van der Waals surface area contributed by atoms with Crippen molar-refractivity contribution in [3.63, 3.8) is 0 Å². The molecule has 0 spiro atoms. The van der Waals surface area contributed by atoms with E-state index in [1.165, 1.54) is 199 Å². The van der Waals surface area contributed by atoms with Crippen molar-refractivity contribution in [3.8, 4) is 0 Å². The van der Waals surface area contributed by atoms with E-state index in [4.69, 9.17) is 37.0 Å². The number of phosphoric acid groups is 2. The van der Waals surface area contributed by atoms with Gasteiger partial charge in [0.05, 0.1) is 26.4 Å². The number of esters is 4. The summed E-state index contributed by atoms with van der Waals surface area (Å²) in [5.74, 6) is -1.35. The molecule has 6 atom stereocenters. The Morgan fingerprint density at radius 3 is 0.780 bits per heavy atom. The van der Waals surface area contributed by atoms with Gasteiger partial charge in [-0.3, -0.25) is 37.3 Å². The molecule has 0 aliphatic rings. The molecule has 17 nitrogen and oxygen atoms in total. The van der Waals surface area contributed by atoms with E-state index in [2.05, 4.69) is 34.6 Å². The Balaban J connectivity index is 5.25. The van der Waals surface area contributed by atoms with E-state index >= 15 is 0 Å². The van der Waals surface area contributed by atoms with Gasteiger partial charge in [0, 0.05) is 25.7 Å². The molecule has 0 radical (unpaired) electrons. The van der Waals surface area contributed by atoms with Crippen LogP contribution < -0.4 is 0 Å². The van der Waals surface area contributed by atoms with E-state index in [0.29, 0.717) is 25.7 Å². The fourth-order valence-electron chi connectivity index (χ4n) is 11.0. The zero-order chi connectivity index (χ0) is 67.0. The summed E-state index contributed by atoms with van der Waals surface area (Å²) in [6.45, 7) is 7.26. The van der Waals surface area contributed by atoms with E-state index in [1.807, 2.05) is 0 Å². The van der Waals surface area contributed by atoms with Crippen molar-refractivity contribution in [2.45, 2.75) is 393 Å². The molecule has 0 heterocycles. The summed E-state index contributed by atoms with van der Waals surface area (Å²) in [5.41, 5.74) is 0. The first-order valence-electron chi connectivity index (χ1n) is 37.7. The molecule has 0 saturated carbocycles. The molecule has 540 valence electrons. The normalized spacial score (nSPS) is 14.3. The molecule has 0 aromatic rings. The lowest BCUT2D eigenvalue weighted by Gasteiger charge is -2.21. The third-order valence-electron chi connectivity index (χ3n) is 17.1. The van der Waals surface area contributed by atoms with E-state index in [1.54, 1.807) is 0 Å². The standard InChI is InChI=1S/C72H140O17P2/c1-6-10-13-16-19-22-25-27-29-31-33-36-42-47-52-57-71(76)88-67(61-83-70(75)56-51-46-41-35-32-30-28-26-23-20-17-14-11-7-2)63-86-90(78,79)84-59-66(73)60-85-91(80,81)87-64-68(62-82-69(74)55-50-45-40-34-24-21-18-15-12-8-3)89-72(77)58-53-48-43-38-37-39-44-49-54-65(5)9-4/h65-68,73H,6-64H2,1-5H3,(H,78,79)(H,80,81)/t65?,66-,67-,68-/m1/s1. The average molecular weight is 1340 g/mol. The Morgan fingerprint density at radius 1 is 0.308 bits per heavy atom. The Kier molecular flexibility index (Phi) is 64.0. The zero-order valence-corrected chi connectivity index (χ0v) is 60.8. The van der Waals surface area contributed by atoms with Crippen molar-refractivity contribution in [2.24, 2.45) is 5.92 Å². The van der Waals surface area contributed by atoms with Crippen molar-refractivity contribution >= 4 is 39.5 Å². The van der Waals surface area contributed by atoms with E-state index in [0.717, 1.165) is 95.8 Å². The largest absolute Gasteiger partial charge is 0.472 e. The Hall–Kier alpha value is -1.94. The van der Waals surface area contributed by atoms with Crippen LogP contribution in [0, 0.1) is 5.92 Å². The van der Waals surface area contributed by atoms with Crippen LogP contribution in [0.15, 0.2) is 0 Å². The fraction of sp³-hybridized carbons (Fsp3) is 0.944. The van der Waals surface area contributed by atoms with Crippen molar-refractivity contribution in [1.29, 1.82) is 0 Å². The summed E-state index contributed by atoms with van der Waals surface area (Å²) in [6, 6.07) is 0. The summed E-state index contributed by atoms with van der Waals surface area (Å²) in [4.78, 5) is 72.6. The van der Waals surface area contributed by atoms with Crippen LogP contribution in [0.4, 0.5) is 0 Å². The van der Waals surface area contributed by atoms with Crippen LogP contribution >= 0.6 is 15.6 Å². The molecule has 0 fully saturated rings. The molecule has 0 aromatic heterocycles. The van der Waals surface area contributed by atoms with Gasteiger partial charge >= 0.3 is 39.5 Å². The summed E-state index contributed by atoms with van der Waals surface area (Å²) in [5, 5.41) is 10.6. The van der Waals surface area contributed by atoms with Crippen LogP contribution in [-0.4, -0.2) is 96.7 Å². The van der Waals surface area contributed by atoms with Crippen LogP contribution in [0.3, 0.4) is 0 Å². The van der Waals surface area contributed by atoms with Crippen LogP contribution in [-0.2, 0) is 65.4 Å². The van der Waals surface area contributed by atoms with Crippen molar-refractivity contribution in [2.75, 3.05) is 39.6 Å². The fourth-order valence-corrected chi connectivity index (χ4v) is 12.5. The van der Waals surface area contributed by atoms with E-state index in [-0.39, 0.29) is 25.7 Å². The second kappa shape index (κ2) is 65.4. The predicted octanol–water partition coefficient (Wildman–Crippen LogP) is 20.9. The van der Waals surface area contributed by atoms with Gasteiger partial charge in [-0.15, -0.1) is 0 Å². The molecule has 0 aliphatic carbocycles. The first-order valence-corrected chi connectivity index (χ1v) is 40.7. The Labute approximate surface area is 556 Å². The lowest BCUT2D eigenvalue weighted by Crippen LogP contribution is -2.30. The summed E-state index contributed by atoms with van der Waals surface area (Å²) >= 11 is 0.